The van der Waals surface area contributed by atoms with Gasteiger partial charge in [-0.25, -0.2) is 4.98 Å². The number of aromatic nitrogens is 2. The number of hydrogen-bond acceptors (Lipinski definition) is 2. The maximum Gasteiger partial charge on any atom is 0.273 e. The molecule has 3 rings (SSSR count). The van der Waals surface area contributed by atoms with Crippen LogP contribution in [0.1, 0.15) is 10.5 Å². The minimum absolute atomic E-state index is 0.190. The predicted molar refractivity (Wildman–Crippen MR) is 83.2 cm³/mol. The third-order valence-corrected chi connectivity index (χ3v) is 3.38. The Kier molecular flexibility index (Phi) is 3.20. The number of pyridine rings is 1. The minimum atomic E-state index is -0.190. The zero-order valence-electron chi connectivity index (χ0n) is 9.85. The number of carbonyl (C=O) groups is 1. The van der Waals surface area contributed by atoms with Gasteiger partial charge in [0, 0.05) is 20.7 Å². The fourth-order valence-corrected chi connectivity index (χ4v) is 2.15. The van der Waals surface area contributed by atoms with E-state index in [1.54, 1.807) is 12.3 Å². The van der Waals surface area contributed by atoms with E-state index in [0.717, 1.165) is 14.5 Å². The van der Waals surface area contributed by atoms with Gasteiger partial charge in [-0.15, -0.1) is 0 Å². The number of anilines is 1. The van der Waals surface area contributed by atoms with Crippen LogP contribution in [-0.2, 0) is 0 Å². The topological polar surface area (TPSA) is 57.8 Å². The number of halogens is 1. The summed E-state index contributed by atoms with van der Waals surface area (Å²) in [4.78, 5) is 19.3. The first-order valence-electron chi connectivity index (χ1n) is 5.73. The molecule has 0 unspecified atom stereocenters. The van der Waals surface area contributed by atoms with Crippen LogP contribution in [-0.4, -0.2) is 15.9 Å². The van der Waals surface area contributed by atoms with Crippen LogP contribution in [0.15, 0.2) is 48.7 Å². The van der Waals surface area contributed by atoms with Crippen LogP contribution in [0.5, 0.6) is 0 Å². The van der Waals surface area contributed by atoms with Crippen LogP contribution in [0.25, 0.3) is 10.9 Å². The van der Waals surface area contributed by atoms with Crippen molar-refractivity contribution in [3.8, 4) is 0 Å². The molecule has 19 heavy (non-hydrogen) atoms. The Hall–Kier alpha value is -1.89. The molecule has 0 aliphatic heterocycles. The third-order valence-electron chi connectivity index (χ3n) is 2.74. The summed E-state index contributed by atoms with van der Waals surface area (Å²) >= 11 is 2.17. The number of aromatic amines is 1. The van der Waals surface area contributed by atoms with E-state index in [-0.39, 0.29) is 5.91 Å². The molecule has 0 aliphatic rings. The van der Waals surface area contributed by atoms with Crippen LogP contribution in [0.4, 0.5) is 5.82 Å². The maximum absolute atomic E-state index is 12.1. The largest absolute Gasteiger partial charge is 0.351 e. The summed E-state index contributed by atoms with van der Waals surface area (Å²) in [5.41, 5.74) is 1.48. The number of H-pyrrole nitrogens is 1. The van der Waals surface area contributed by atoms with Gasteiger partial charge in [-0.05, 0) is 46.9 Å². The molecular formula is C14H10IN3O. The standard InChI is InChI=1S/C14H10IN3O/c15-10-5-6-13(16-8-10)18-14(19)12-7-9-3-1-2-4-11(9)17-12/h1-8,17H,(H,16,18,19). The Bertz CT molecular complexity index is 701. The first kappa shape index (κ1) is 12.2. The van der Waals surface area contributed by atoms with Gasteiger partial charge in [0.25, 0.3) is 5.91 Å². The summed E-state index contributed by atoms with van der Waals surface area (Å²) in [7, 11) is 0. The van der Waals surface area contributed by atoms with Crippen molar-refractivity contribution >= 4 is 45.2 Å². The van der Waals surface area contributed by atoms with Crippen LogP contribution >= 0.6 is 22.6 Å². The number of fused-ring (bicyclic) bond motifs is 1. The molecule has 5 heteroatoms. The summed E-state index contributed by atoms with van der Waals surface area (Å²) in [6.45, 7) is 0. The Balaban J connectivity index is 1.85. The van der Waals surface area contributed by atoms with Crippen molar-refractivity contribution in [2.45, 2.75) is 0 Å². The van der Waals surface area contributed by atoms with Crippen LogP contribution in [0.2, 0.25) is 0 Å². The van der Waals surface area contributed by atoms with Crippen molar-refractivity contribution in [3.05, 3.63) is 57.9 Å². The summed E-state index contributed by atoms with van der Waals surface area (Å²) in [6, 6.07) is 13.3. The van der Waals surface area contributed by atoms with Gasteiger partial charge in [0.2, 0.25) is 0 Å². The van der Waals surface area contributed by atoms with E-state index >= 15 is 0 Å². The van der Waals surface area contributed by atoms with Crippen molar-refractivity contribution in [3.63, 3.8) is 0 Å². The molecule has 2 aromatic heterocycles. The van der Waals surface area contributed by atoms with Crippen LogP contribution in [0, 0.1) is 3.57 Å². The average molecular weight is 363 g/mol. The van der Waals surface area contributed by atoms with Crippen molar-refractivity contribution in [1.82, 2.24) is 9.97 Å². The minimum Gasteiger partial charge on any atom is -0.351 e. The van der Waals surface area contributed by atoms with Crippen molar-refractivity contribution in [2.75, 3.05) is 5.32 Å². The highest BCUT2D eigenvalue weighted by molar-refractivity contribution is 14.1. The lowest BCUT2D eigenvalue weighted by molar-refractivity contribution is 0.102. The molecule has 0 saturated heterocycles. The van der Waals surface area contributed by atoms with E-state index in [4.69, 9.17) is 0 Å². The fourth-order valence-electron chi connectivity index (χ4n) is 1.83. The summed E-state index contributed by atoms with van der Waals surface area (Å²) in [6.07, 6.45) is 1.71. The zero-order chi connectivity index (χ0) is 13.2. The highest BCUT2D eigenvalue weighted by atomic mass is 127. The molecule has 1 aromatic carbocycles. The molecular weight excluding hydrogens is 353 g/mol. The predicted octanol–water partition coefficient (Wildman–Crippen LogP) is 3.42. The number of para-hydroxylation sites is 1. The SMILES string of the molecule is O=C(Nc1ccc(I)cn1)c1cc2ccccc2[nH]1. The number of nitrogens with zero attached hydrogens (tertiary/aromatic N) is 1. The second-order valence-electron chi connectivity index (χ2n) is 4.09. The molecule has 1 amide bonds. The zero-order valence-corrected chi connectivity index (χ0v) is 12.0. The highest BCUT2D eigenvalue weighted by Gasteiger charge is 2.09. The molecule has 0 atom stereocenters. The Morgan fingerprint density at radius 3 is 2.79 bits per heavy atom. The number of rotatable bonds is 2. The van der Waals surface area contributed by atoms with Gasteiger partial charge in [-0.1, -0.05) is 18.2 Å². The Morgan fingerprint density at radius 2 is 2.05 bits per heavy atom. The molecule has 2 N–H and O–H groups in total. The number of nitrogens with one attached hydrogen (secondary N) is 2. The summed E-state index contributed by atoms with van der Waals surface area (Å²) in [5.74, 6) is 0.356. The smallest absolute Gasteiger partial charge is 0.273 e. The molecule has 3 aromatic rings. The highest BCUT2D eigenvalue weighted by Crippen LogP contribution is 2.15. The second kappa shape index (κ2) is 5.00. The molecule has 0 bridgehead atoms. The van der Waals surface area contributed by atoms with Gasteiger partial charge >= 0.3 is 0 Å². The quantitative estimate of drug-likeness (QED) is 0.686. The van der Waals surface area contributed by atoms with E-state index in [9.17, 15) is 4.79 Å². The molecule has 0 saturated carbocycles. The molecule has 0 fully saturated rings. The monoisotopic (exact) mass is 363 g/mol. The molecule has 94 valence electrons. The molecule has 2 heterocycles. The van der Waals surface area contributed by atoms with Crippen LogP contribution < -0.4 is 5.32 Å². The van der Waals surface area contributed by atoms with Gasteiger partial charge in [0.1, 0.15) is 11.5 Å². The average Bonchev–Trinajstić information content (AvgIpc) is 2.85. The van der Waals surface area contributed by atoms with Gasteiger partial charge in [0.15, 0.2) is 0 Å². The van der Waals surface area contributed by atoms with Crippen molar-refractivity contribution in [2.24, 2.45) is 0 Å². The van der Waals surface area contributed by atoms with Crippen LogP contribution in [0.3, 0.4) is 0 Å². The normalized spacial score (nSPS) is 10.6. The van der Waals surface area contributed by atoms with E-state index in [0.29, 0.717) is 11.5 Å². The van der Waals surface area contributed by atoms with Gasteiger partial charge in [0.05, 0.1) is 0 Å². The Morgan fingerprint density at radius 1 is 1.21 bits per heavy atom. The number of carbonyl (C=O) groups excluding carboxylic acids is 1. The van der Waals surface area contributed by atoms with E-state index in [1.807, 2.05) is 36.4 Å². The molecule has 4 nitrogen and oxygen atoms in total. The number of benzene rings is 1. The van der Waals surface area contributed by atoms with E-state index < -0.39 is 0 Å². The van der Waals surface area contributed by atoms with Gasteiger partial charge in [-0.3, -0.25) is 4.79 Å². The lowest BCUT2D eigenvalue weighted by Gasteiger charge is -2.02. The second-order valence-corrected chi connectivity index (χ2v) is 5.33. The van der Waals surface area contributed by atoms with Crippen molar-refractivity contribution in [1.29, 1.82) is 0 Å². The first-order valence-corrected chi connectivity index (χ1v) is 6.81. The number of amides is 1. The molecule has 0 radical (unpaired) electrons. The fraction of sp³-hybridized carbons (Fsp3) is 0. The molecule has 0 spiro atoms. The maximum atomic E-state index is 12.1. The van der Waals surface area contributed by atoms with E-state index in [2.05, 4.69) is 37.9 Å². The summed E-state index contributed by atoms with van der Waals surface area (Å²) in [5, 5.41) is 3.78. The van der Waals surface area contributed by atoms with Gasteiger partial charge < -0.3 is 10.3 Å². The lowest BCUT2D eigenvalue weighted by Crippen LogP contribution is -2.13. The summed E-state index contributed by atoms with van der Waals surface area (Å²) < 4.78 is 1.03. The first-order chi connectivity index (χ1) is 9.22. The van der Waals surface area contributed by atoms with Crippen molar-refractivity contribution < 1.29 is 4.79 Å². The number of hydrogen-bond donors (Lipinski definition) is 2. The Labute approximate surface area is 123 Å². The van der Waals surface area contributed by atoms with Gasteiger partial charge in [-0.2, -0.15) is 0 Å². The molecule has 0 aliphatic carbocycles. The third kappa shape index (κ3) is 2.60. The van der Waals surface area contributed by atoms with E-state index in [1.165, 1.54) is 0 Å². The lowest BCUT2D eigenvalue weighted by atomic mass is 10.2.